The molecular weight excluding hydrogens is 438 g/mol. The molecule has 156 valence electrons. The Balaban J connectivity index is 1.55. The fourth-order valence-corrected chi connectivity index (χ4v) is 4.20. The van der Waals surface area contributed by atoms with E-state index in [1.807, 2.05) is 31.2 Å². The van der Waals surface area contributed by atoms with Crippen LogP contribution in [0.2, 0.25) is 5.02 Å². The highest BCUT2D eigenvalue weighted by Gasteiger charge is 2.35. The highest BCUT2D eigenvalue weighted by Crippen LogP contribution is 2.34. The van der Waals surface area contributed by atoms with Gasteiger partial charge in [-0.3, -0.25) is 14.5 Å². The van der Waals surface area contributed by atoms with Gasteiger partial charge >= 0.3 is 5.97 Å². The summed E-state index contributed by atoms with van der Waals surface area (Å²) in [6.45, 7) is 2.15. The third-order valence-corrected chi connectivity index (χ3v) is 5.92. The number of imide groups is 1. The Labute approximate surface area is 187 Å². The van der Waals surface area contributed by atoms with Crippen molar-refractivity contribution in [3.8, 4) is 11.3 Å². The van der Waals surface area contributed by atoms with Crippen molar-refractivity contribution in [1.82, 2.24) is 4.90 Å². The number of carbonyl (C=O) groups is 3. The highest BCUT2D eigenvalue weighted by molar-refractivity contribution is 8.18. The van der Waals surface area contributed by atoms with Gasteiger partial charge in [0.05, 0.1) is 22.0 Å². The maximum Gasteiger partial charge on any atom is 0.337 e. The third-order valence-electron chi connectivity index (χ3n) is 4.68. The average Bonchev–Trinajstić information content (AvgIpc) is 3.29. The molecule has 2 aromatic carbocycles. The second kappa shape index (κ2) is 8.45. The zero-order valence-corrected chi connectivity index (χ0v) is 17.9. The quantitative estimate of drug-likeness (QED) is 0.488. The Morgan fingerprint density at radius 1 is 1.16 bits per heavy atom. The van der Waals surface area contributed by atoms with Crippen LogP contribution in [0.4, 0.5) is 4.79 Å². The van der Waals surface area contributed by atoms with Crippen LogP contribution in [-0.2, 0) is 11.3 Å². The fraction of sp³-hybridized carbons (Fsp3) is 0.0870. The molecule has 2 heterocycles. The highest BCUT2D eigenvalue weighted by atomic mass is 35.5. The van der Waals surface area contributed by atoms with E-state index in [1.165, 1.54) is 23.1 Å². The number of carbonyl (C=O) groups excluding carboxylic acids is 2. The van der Waals surface area contributed by atoms with Crippen LogP contribution in [0.1, 0.15) is 27.2 Å². The normalized spacial score (nSPS) is 15.2. The van der Waals surface area contributed by atoms with Gasteiger partial charge in [0.1, 0.15) is 11.5 Å². The van der Waals surface area contributed by atoms with Gasteiger partial charge in [0.25, 0.3) is 11.1 Å². The van der Waals surface area contributed by atoms with Crippen molar-refractivity contribution in [1.29, 1.82) is 0 Å². The first-order valence-corrected chi connectivity index (χ1v) is 10.5. The summed E-state index contributed by atoms with van der Waals surface area (Å²) >= 11 is 6.77. The molecule has 1 aliphatic heterocycles. The van der Waals surface area contributed by atoms with Crippen molar-refractivity contribution < 1.29 is 23.9 Å². The van der Waals surface area contributed by atoms with E-state index in [9.17, 15) is 19.5 Å². The first-order chi connectivity index (χ1) is 14.8. The van der Waals surface area contributed by atoms with E-state index in [4.69, 9.17) is 16.0 Å². The van der Waals surface area contributed by atoms with Gasteiger partial charge < -0.3 is 9.52 Å². The Bertz CT molecular complexity index is 1250. The van der Waals surface area contributed by atoms with Crippen molar-refractivity contribution in [2.24, 2.45) is 0 Å². The summed E-state index contributed by atoms with van der Waals surface area (Å²) < 4.78 is 5.75. The SMILES string of the molecule is Cc1cccc(CN2C(=O)S/C(=C\c3ccc(-c4ccc(Cl)c(C(=O)O)c4)o3)C2=O)c1. The van der Waals surface area contributed by atoms with Gasteiger partial charge in [-0.15, -0.1) is 0 Å². The number of halogens is 1. The molecule has 1 aromatic heterocycles. The van der Waals surface area contributed by atoms with Crippen LogP contribution >= 0.6 is 23.4 Å². The van der Waals surface area contributed by atoms with Crippen LogP contribution in [-0.4, -0.2) is 27.1 Å². The minimum atomic E-state index is -1.14. The Morgan fingerprint density at radius 3 is 2.71 bits per heavy atom. The van der Waals surface area contributed by atoms with Gasteiger partial charge in [0.2, 0.25) is 0 Å². The number of nitrogens with zero attached hydrogens (tertiary/aromatic N) is 1. The summed E-state index contributed by atoms with van der Waals surface area (Å²) in [5.74, 6) is -0.720. The summed E-state index contributed by atoms with van der Waals surface area (Å²) in [5.41, 5.74) is 2.43. The number of thioether (sulfide) groups is 1. The van der Waals surface area contributed by atoms with E-state index < -0.39 is 5.97 Å². The van der Waals surface area contributed by atoms with Gasteiger partial charge in [-0.25, -0.2) is 4.79 Å². The predicted molar refractivity (Wildman–Crippen MR) is 119 cm³/mol. The molecule has 0 spiro atoms. The van der Waals surface area contributed by atoms with Crippen LogP contribution in [0.25, 0.3) is 17.4 Å². The number of benzene rings is 2. The van der Waals surface area contributed by atoms with E-state index in [2.05, 4.69) is 0 Å². The molecule has 31 heavy (non-hydrogen) atoms. The molecule has 0 unspecified atom stereocenters. The number of carboxylic acids is 1. The molecule has 4 rings (SSSR count). The van der Waals surface area contributed by atoms with Crippen molar-refractivity contribution in [2.75, 3.05) is 0 Å². The van der Waals surface area contributed by atoms with Crippen molar-refractivity contribution in [3.05, 3.63) is 87.0 Å². The van der Waals surface area contributed by atoms with Crippen LogP contribution in [0.5, 0.6) is 0 Å². The van der Waals surface area contributed by atoms with Gasteiger partial charge in [0, 0.05) is 11.6 Å². The summed E-state index contributed by atoms with van der Waals surface area (Å²) in [7, 11) is 0. The molecule has 0 saturated carbocycles. The predicted octanol–water partition coefficient (Wildman–Crippen LogP) is 5.84. The number of furan rings is 1. The molecule has 3 aromatic rings. The summed E-state index contributed by atoms with van der Waals surface area (Å²) in [6, 6.07) is 15.5. The number of carboxylic acid groups (broad SMARTS) is 1. The van der Waals surface area contributed by atoms with Crippen LogP contribution in [0.3, 0.4) is 0 Å². The largest absolute Gasteiger partial charge is 0.478 e. The lowest BCUT2D eigenvalue weighted by Crippen LogP contribution is -2.27. The van der Waals surface area contributed by atoms with Crippen molar-refractivity contribution in [3.63, 3.8) is 0 Å². The zero-order valence-electron chi connectivity index (χ0n) is 16.3. The molecule has 0 bridgehead atoms. The minimum Gasteiger partial charge on any atom is -0.478 e. The minimum absolute atomic E-state index is 0.0330. The summed E-state index contributed by atoms with van der Waals surface area (Å²) in [4.78, 5) is 37.9. The molecule has 0 aliphatic carbocycles. The van der Waals surface area contributed by atoms with E-state index >= 15 is 0 Å². The van der Waals surface area contributed by atoms with Gasteiger partial charge in [-0.1, -0.05) is 41.4 Å². The molecule has 8 heteroatoms. The Morgan fingerprint density at radius 2 is 1.97 bits per heavy atom. The van der Waals surface area contributed by atoms with Crippen molar-refractivity contribution in [2.45, 2.75) is 13.5 Å². The van der Waals surface area contributed by atoms with E-state index in [-0.39, 0.29) is 33.2 Å². The first kappa shape index (κ1) is 21.0. The summed E-state index contributed by atoms with van der Waals surface area (Å²) in [6.07, 6.45) is 1.51. The number of rotatable bonds is 5. The lowest BCUT2D eigenvalue weighted by molar-refractivity contribution is -0.123. The van der Waals surface area contributed by atoms with Gasteiger partial charge in [-0.05, 0) is 54.6 Å². The van der Waals surface area contributed by atoms with Crippen molar-refractivity contribution >= 4 is 46.6 Å². The second-order valence-corrected chi connectivity index (χ2v) is 8.36. The first-order valence-electron chi connectivity index (χ1n) is 9.26. The van der Waals surface area contributed by atoms with Crippen LogP contribution in [0.15, 0.2) is 63.9 Å². The molecule has 1 aliphatic rings. The summed E-state index contributed by atoms with van der Waals surface area (Å²) in [5, 5.41) is 9.02. The maximum atomic E-state index is 12.7. The topological polar surface area (TPSA) is 87.8 Å². The lowest BCUT2D eigenvalue weighted by atomic mass is 10.1. The van der Waals surface area contributed by atoms with Gasteiger partial charge in [-0.2, -0.15) is 0 Å². The van der Waals surface area contributed by atoms with Crippen LogP contribution in [0, 0.1) is 6.92 Å². The Hall–Kier alpha value is -3.29. The lowest BCUT2D eigenvalue weighted by Gasteiger charge is -2.12. The number of hydrogen-bond acceptors (Lipinski definition) is 5. The molecular formula is C23H16ClNO5S. The number of hydrogen-bond donors (Lipinski definition) is 1. The molecule has 1 N–H and O–H groups in total. The van der Waals surface area contributed by atoms with E-state index in [1.54, 1.807) is 18.2 Å². The smallest absolute Gasteiger partial charge is 0.337 e. The second-order valence-electron chi connectivity index (χ2n) is 6.96. The number of aromatic carboxylic acids is 1. The fourth-order valence-electron chi connectivity index (χ4n) is 3.19. The van der Waals surface area contributed by atoms with Crippen LogP contribution < -0.4 is 0 Å². The monoisotopic (exact) mass is 453 g/mol. The average molecular weight is 454 g/mol. The molecule has 2 amide bonds. The zero-order chi connectivity index (χ0) is 22.1. The number of aryl methyl sites for hydroxylation is 1. The molecule has 6 nitrogen and oxygen atoms in total. The molecule has 1 saturated heterocycles. The molecule has 1 fully saturated rings. The molecule has 0 atom stereocenters. The third kappa shape index (κ3) is 4.42. The molecule has 0 radical (unpaired) electrons. The Kier molecular flexibility index (Phi) is 5.71. The number of amides is 2. The van der Waals surface area contributed by atoms with E-state index in [0.29, 0.717) is 17.1 Å². The van der Waals surface area contributed by atoms with E-state index in [0.717, 1.165) is 22.9 Å². The van der Waals surface area contributed by atoms with Gasteiger partial charge in [0.15, 0.2) is 0 Å². The maximum absolute atomic E-state index is 12.7. The standard InChI is InChI=1S/C23H16ClNO5S/c1-13-3-2-4-14(9-13)12-25-21(26)20(31-23(25)29)11-16-6-8-19(30-16)15-5-7-18(24)17(10-15)22(27)28/h2-11H,12H2,1H3,(H,27,28)/b20-11-.